The summed E-state index contributed by atoms with van der Waals surface area (Å²) >= 11 is 1.48. The Balaban J connectivity index is 1.67. The number of carbonyl (C=O) groups is 2. The van der Waals surface area contributed by atoms with Gasteiger partial charge in [0.05, 0.1) is 23.1 Å². The summed E-state index contributed by atoms with van der Waals surface area (Å²) in [4.78, 5) is 24.4. The zero-order chi connectivity index (χ0) is 17.8. The molecule has 0 spiro atoms. The molecule has 0 amide bonds. The molecular weight excluding hydrogens is 344 g/mol. The van der Waals surface area contributed by atoms with Gasteiger partial charge in [0.25, 0.3) is 11.8 Å². The third-order valence-electron chi connectivity index (χ3n) is 3.35. The topological polar surface area (TPSA) is 91.5 Å². The maximum atomic E-state index is 12.2. The molecule has 0 N–H and O–H groups in total. The van der Waals surface area contributed by atoms with E-state index in [0.29, 0.717) is 17.0 Å². The van der Waals surface area contributed by atoms with E-state index in [1.807, 2.05) is 17.5 Å². The molecule has 0 saturated carbocycles. The lowest BCUT2D eigenvalue weighted by Crippen LogP contribution is -2.10. The molecule has 8 heteroatoms. The van der Waals surface area contributed by atoms with E-state index in [-0.39, 0.29) is 5.89 Å². The van der Waals surface area contributed by atoms with Gasteiger partial charge < -0.3 is 13.9 Å². The fraction of sp³-hybridized carbons (Fsp3) is 0.176. The van der Waals surface area contributed by atoms with Crippen molar-refractivity contribution in [1.29, 1.82) is 0 Å². The molecule has 1 atom stereocenters. The summed E-state index contributed by atoms with van der Waals surface area (Å²) in [6.07, 6.45) is -0.700. The van der Waals surface area contributed by atoms with E-state index >= 15 is 0 Å². The van der Waals surface area contributed by atoms with Crippen molar-refractivity contribution in [2.75, 3.05) is 7.11 Å². The second kappa shape index (κ2) is 7.27. The van der Waals surface area contributed by atoms with Gasteiger partial charge in [-0.05, 0) is 42.6 Å². The Morgan fingerprint density at radius 1 is 1.08 bits per heavy atom. The van der Waals surface area contributed by atoms with Crippen molar-refractivity contribution in [2.24, 2.45) is 0 Å². The maximum absolute atomic E-state index is 12.2. The Bertz CT molecular complexity index is 871. The summed E-state index contributed by atoms with van der Waals surface area (Å²) < 4.78 is 15.5. The van der Waals surface area contributed by atoms with Crippen molar-refractivity contribution < 1.29 is 23.5 Å². The predicted octanol–water partition coefficient (Wildman–Crippen LogP) is 3.50. The molecule has 2 heterocycles. The Kier molecular flexibility index (Phi) is 4.90. The lowest BCUT2D eigenvalue weighted by molar-refractivity contribution is 0.0279. The summed E-state index contributed by atoms with van der Waals surface area (Å²) in [7, 11) is 1.29. The quantitative estimate of drug-likeness (QED) is 0.645. The van der Waals surface area contributed by atoms with Crippen LogP contribution < -0.4 is 0 Å². The minimum atomic E-state index is -0.700. The van der Waals surface area contributed by atoms with E-state index in [9.17, 15) is 9.59 Å². The van der Waals surface area contributed by atoms with Crippen LogP contribution in [0.4, 0.5) is 0 Å². The number of esters is 2. The fourth-order valence-electron chi connectivity index (χ4n) is 2.04. The van der Waals surface area contributed by atoms with Crippen LogP contribution in [0.2, 0.25) is 0 Å². The summed E-state index contributed by atoms with van der Waals surface area (Å²) in [5.41, 5.74) is 0.655. The largest absolute Gasteiger partial charge is 0.465 e. The lowest BCUT2D eigenvalue weighted by atomic mass is 10.1. The van der Waals surface area contributed by atoms with Gasteiger partial charge in [-0.3, -0.25) is 0 Å². The third-order valence-corrected chi connectivity index (χ3v) is 4.20. The molecular formula is C17H14N2O5S. The highest BCUT2D eigenvalue weighted by atomic mass is 32.1. The number of thiophene rings is 1. The van der Waals surface area contributed by atoms with E-state index in [2.05, 4.69) is 14.9 Å². The van der Waals surface area contributed by atoms with Crippen LogP contribution in [0, 0.1) is 0 Å². The monoisotopic (exact) mass is 358 g/mol. The van der Waals surface area contributed by atoms with Gasteiger partial charge >= 0.3 is 11.9 Å². The highest BCUT2D eigenvalue weighted by Crippen LogP contribution is 2.26. The summed E-state index contributed by atoms with van der Waals surface area (Å²) in [6.45, 7) is 1.65. The molecule has 7 nitrogen and oxygen atoms in total. The maximum Gasteiger partial charge on any atom is 0.338 e. The minimum absolute atomic E-state index is 0.211. The number of carbonyl (C=O) groups excluding carboxylic acids is 2. The van der Waals surface area contributed by atoms with Crippen LogP contribution in [0.25, 0.3) is 10.8 Å². The molecule has 1 aromatic carbocycles. The van der Waals surface area contributed by atoms with Crippen LogP contribution in [0.1, 0.15) is 39.6 Å². The van der Waals surface area contributed by atoms with E-state index in [1.54, 1.807) is 6.92 Å². The Labute approximate surface area is 147 Å². The highest BCUT2D eigenvalue weighted by molar-refractivity contribution is 7.13. The molecule has 25 heavy (non-hydrogen) atoms. The fourth-order valence-corrected chi connectivity index (χ4v) is 2.68. The SMILES string of the molecule is COC(=O)c1ccc(C(=O)OC(C)c2nnc(-c3cccs3)o2)cc1. The van der Waals surface area contributed by atoms with E-state index in [4.69, 9.17) is 9.15 Å². The Morgan fingerprint density at radius 3 is 2.36 bits per heavy atom. The van der Waals surface area contributed by atoms with Gasteiger partial charge in [-0.15, -0.1) is 21.5 Å². The number of methoxy groups -OCH3 is 1. The van der Waals surface area contributed by atoms with E-state index in [0.717, 1.165) is 4.88 Å². The standard InChI is InChI=1S/C17H14N2O5S/c1-10(14-18-19-15(24-14)13-4-3-9-25-13)23-17(21)12-7-5-11(6-8-12)16(20)22-2/h3-10H,1-2H3. The van der Waals surface area contributed by atoms with E-state index in [1.165, 1.54) is 42.7 Å². The number of benzene rings is 1. The van der Waals surface area contributed by atoms with Crippen molar-refractivity contribution in [3.8, 4) is 10.8 Å². The first-order valence-electron chi connectivity index (χ1n) is 7.35. The van der Waals surface area contributed by atoms with E-state index < -0.39 is 18.0 Å². The zero-order valence-electron chi connectivity index (χ0n) is 13.5. The van der Waals surface area contributed by atoms with Crippen LogP contribution in [-0.2, 0) is 9.47 Å². The van der Waals surface area contributed by atoms with Crippen molar-refractivity contribution in [1.82, 2.24) is 10.2 Å². The molecule has 0 aliphatic carbocycles. The third kappa shape index (κ3) is 3.74. The minimum Gasteiger partial charge on any atom is -0.465 e. The van der Waals surface area contributed by atoms with Crippen LogP contribution >= 0.6 is 11.3 Å². The average molecular weight is 358 g/mol. The first kappa shape index (κ1) is 16.8. The zero-order valence-corrected chi connectivity index (χ0v) is 14.3. The smallest absolute Gasteiger partial charge is 0.338 e. The molecule has 1 unspecified atom stereocenters. The molecule has 2 aromatic heterocycles. The van der Waals surface area contributed by atoms with Crippen LogP contribution in [0.15, 0.2) is 46.2 Å². The number of hydrogen-bond acceptors (Lipinski definition) is 8. The number of aromatic nitrogens is 2. The molecule has 0 radical (unpaired) electrons. The molecule has 0 fully saturated rings. The Hall–Kier alpha value is -3.00. The lowest BCUT2D eigenvalue weighted by Gasteiger charge is -2.09. The summed E-state index contributed by atoms with van der Waals surface area (Å²) in [6, 6.07) is 9.72. The molecule has 0 aliphatic heterocycles. The van der Waals surface area contributed by atoms with Crippen LogP contribution in [0.5, 0.6) is 0 Å². The van der Waals surface area contributed by atoms with Gasteiger partial charge in [0.15, 0.2) is 6.10 Å². The second-order valence-corrected chi connectivity index (χ2v) is 5.99. The molecule has 0 bridgehead atoms. The molecule has 0 saturated heterocycles. The molecule has 0 aliphatic rings. The predicted molar refractivity (Wildman–Crippen MR) is 89.2 cm³/mol. The van der Waals surface area contributed by atoms with Gasteiger partial charge in [-0.1, -0.05) is 6.07 Å². The summed E-state index contributed by atoms with van der Waals surface area (Å²) in [5.74, 6) is -0.432. The van der Waals surface area contributed by atoms with Crippen molar-refractivity contribution >= 4 is 23.3 Å². The Morgan fingerprint density at radius 2 is 1.76 bits per heavy atom. The van der Waals surface area contributed by atoms with Gasteiger partial charge in [-0.2, -0.15) is 0 Å². The first-order valence-corrected chi connectivity index (χ1v) is 8.23. The van der Waals surface area contributed by atoms with Gasteiger partial charge in [-0.25, -0.2) is 9.59 Å². The first-order chi connectivity index (χ1) is 12.1. The molecule has 3 aromatic rings. The summed E-state index contributed by atoms with van der Waals surface area (Å²) in [5, 5.41) is 9.77. The van der Waals surface area contributed by atoms with Gasteiger partial charge in [0.1, 0.15) is 0 Å². The van der Waals surface area contributed by atoms with Crippen LogP contribution in [0.3, 0.4) is 0 Å². The van der Waals surface area contributed by atoms with Crippen molar-refractivity contribution in [2.45, 2.75) is 13.0 Å². The number of hydrogen-bond donors (Lipinski definition) is 0. The normalized spacial score (nSPS) is 11.8. The van der Waals surface area contributed by atoms with Gasteiger partial charge in [0, 0.05) is 0 Å². The number of rotatable bonds is 5. The van der Waals surface area contributed by atoms with Crippen LogP contribution in [-0.4, -0.2) is 29.2 Å². The van der Waals surface area contributed by atoms with Crippen molar-refractivity contribution in [3.63, 3.8) is 0 Å². The highest BCUT2D eigenvalue weighted by Gasteiger charge is 2.20. The average Bonchev–Trinajstić information content (AvgIpc) is 3.32. The number of nitrogens with zero attached hydrogens (tertiary/aromatic N) is 2. The van der Waals surface area contributed by atoms with Gasteiger partial charge in [0.2, 0.25) is 0 Å². The second-order valence-electron chi connectivity index (χ2n) is 5.04. The van der Waals surface area contributed by atoms with Crippen molar-refractivity contribution in [3.05, 3.63) is 58.8 Å². The molecule has 3 rings (SSSR count). The molecule has 128 valence electrons. The number of ether oxygens (including phenoxy) is 2.